The van der Waals surface area contributed by atoms with E-state index in [4.69, 9.17) is 9.84 Å². The minimum absolute atomic E-state index is 0.0710. The zero-order valence-electron chi connectivity index (χ0n) is 16.5. The van der Waals surface area contributed by atoms with Gasteiger partial charge in [0.2, 0.25) is 5.91 Å². The number of nitrogens with zero attached hydrogens (tertiary/aromatic N) is 2. The Labute approximate surface area is 178 Å². The van der Waals surface area contributed by atoms with Gasteiger partial charge in [-0.2, -0.15) is 0 Å². The average molecular weight is 436 g/mol. The van der Waals surface area contributed by atoms with Crippen LogP contribution in [0.4, 0.5) is 5.69 Å². The van der Waals surface area contributed by atoms with Crippen LogP contribution in [-0.4, -0.2) is 57.9 Å². The highest BCUT2D eigenvalue weighted by atomic mass is 32.2. The highest BCUT2D eigenvalue weighted by molar-refractivity contribution is 8.01. The molecule has 0 aliphatic carbocycles. The molecule has 1 aliphatic rings. The quantitative estimate of drug-likeness (QED) is 0.548. The fourth-order valence-electron chi connectivity index (χ4n) is 3.12. The van der Waals surface area contributed by atoms with Crippen molar-refractivity contribution < 1.29 is 19.4 Å². The summed E-state index contributed by atoms with van der Waals surface area (Å²) >= 11 is 2.81. The summed E-state index contributed by atoms with van der Waals surface area (Å²) in [5, 5.41) is 13.9. The SMILES string of the molecule is CC(C)Oc1ccc(NC[C@H]2CCC(=O)N2CCSc2nc(C(=O)O)cs2)cc1. The fraction of sp³-hybridized carbons (Fsp3) is 0.450. The lowest BCUT2D eigenvalue weighted by Gasteiger charge is -2.25. The number of likely N-dealkylation sites (tertiary alicyclic amines) is 1. The summed E-state index contributed by atoms with van der Waals surface area (Å²) in [7, 11) is 0. The maximum Gasteiger partial charge on any atom is 0.355 e. The molecule has 0 spiro atoms. The average Bonchev–Trinajstić information content (AvgIpc) is 3.29. The number of amides is 1. The van der Waals surface area contributed by atoms with Crippen molar-refractivity contribution in [2.24, 2.45) is 0 Å². The number of carboxylic acids is 1. The molecule has 1 saturated heterocycles. The van der Waals surface area contributed by atoms with Crippen molar-refractivity contribution >= 4 is 40.7 Å². The highest BCUT2D eigenvalue weighted by Crippen LogP contribution is 2.25. The van der Waals surface area contributed by atoms with Crippen molar-refractivity contribution in [3.05, 3.63) is 35.3 Å². The van der Waals surface area contributed by atoms with Crippen LogP contribution >= 0.6 is 23.1 Å². The van der Waals surface area contributed by atoms with Crippen molar-refractivity contribution in [1.29, 1.82) is 0 Å². The first-order valence-corrected chi connectivity index (χ1v) is 11.4. The molecular weight excluding hydrogens is 410 g/mol. The third-order valence-electron chi connectivity index (χ3n) is 4.48. The van der Waals surface area contributed by atoms with Gasteiger partial charge in [0.15, 0.2) is 10.0 Å². The molecule has 1 aromatic carbocycles. The normalized spacial score (nSPS) is 16.4. The van der Waals surface area contributed by atoms with E-state index in [0.717, 1.165) is 17.9 Å². The van der Waals surface area contributed by atoms with Gasteiger partial charge in [0, 0.05) is 42.4 Å². The zero-order valence-corrected chi connectivity index (χ0v) is 18.1. The molecule has 0 radical (unpaired) electrons. The van der Waals surface area contributed by atoms with E-state index in [0.29, 0.717) is 29.6 Å². The van der Waals surface area contributed by atoms with Gasteiger partial charge in [-0.1, -0.05) is 11.8 Å². The van der Waals surface area contributed by atoms with Gasteiger partial charge in [-0.3, -0.25) is 4.79 Å². The van der Waals surface area contributed by atoms with Gasteiger partial charge in [0.1, 0.15) is 5.75 Å². The molecule has 1 atom stereocenters. The predicted octanol–water partition coefficient (Wildman–Crippen LogP) is 3.82. The summed E-state index contributed by atoms with van der Waals surface area (Å²) in [6.45, 7) is 5.31. The number of hydrogen-bond donors (Lipinski definition) is 2. The minimum Gasteiger partial charge on any atom is -0.491 e. The number of carboxylic acid groups (broad SMARTS) is 1. The molecule has 1 amide bonds. The number of benzene rings is 1. The standard InChI is InChI=1S/C20H25N3O4S2/c1-13(2)27-16-6-3-14(4-7-16)21-11-15-5-8-18(24)23(15)9-10-28-20-22-17(12-29-20)19(25)26/h3-4,6-7,12-13,15,21H,5,8-11H2,1-2H3,(H,25,26)/t15-/m1/s1. The molecule has 2 aromatic rings. The first kappa shape index (κ1) is 21.4. The summed E-state index contributed by atoms with van der Waals surface area (Å²) in [6.07, 6.45) is 1.55. The number of anilines is 1. The first-order valence-electron chi connectivity index (χ1n) is 9.54. The number of hydrogen-bond acceptors (Lipinski definition) is 7. The molecule has 1 aliphatic heterocycles. The van der Waals surface area contributed by atoms with Gasteiger partial charge >= 0.3 is 5.97 Å². The Morgan fingerprint density at radius 2 is 2.17 bits per heavy atom. The largest absolute Gasteiger partial charge is 0.491 e. The number of carbonyl (C=O) groups is 2. The first-order chi connectivity index (χ1) is 13.9. The van der Waals surface area contributed by atoms with Crippen molar-refractivity contribution in [1.82, 2.24) is 9.88 Å². The molecular formula is C20H25N3O4S2. The van der Waals surface area contributed by atoms with Crippen LogP contribution in [0.1, 0.15) is 37.2 Å². The van der Waals surface area contributed by atoms with Crippen molar-refractivity contribution in [2.75, 3.05) is 24.2 Å². The maximum atomic E-state index is 12.3. The third kappa shape index (κ3) is 6.11. The van der Waals surface area contributed by atoms with Gasteiger partial charge in [-0.05, 0) is 44.5 Å². The van der Waals surface area contributed by atoms with Crippen molar-refractivity contribution in [2.45, 2.75) is 43.2 Å². The van der Waals surface area contributed by atoms with Crippen LogP contribution in [-0.2, 0) is 4.79 Å². The van der Waals surface area contributed by atoms with Crippen molar-refractivity contribution in [3.63, 3.8) is 0 Å². The second-order valence-electron chi connectivity index (χ2n) is 7.00. The number of carbonyl (C=O) groups excluding carboxylic acids is 1. The molecule has 3 rings (SSSR count). The Hall–Kier alpha value is -2.26. The third-order valence-corrected chi connectivity index (χ3v) is 6.48. The number of aromatic nitrogens is 1. The fourth-order valence-corrected chi connectivity index (χ4v) is 4.93. The number of thioether (sulfide) groups is 1. The van der Waals surface area contributed by atoms with Crippen molar-refractivity contribution in [3.8, 4) is 5.75 Å². The van der Waals surface area contributed by atoms with Gasteiger partial charge in [0.25, 0.3) is 0 Å². The number of nitrogens with one attached hydrogen (secondary N) is 1. The lowest BCUT2D eigenvalue weighted by molar-refractivity contribution is -0.128. The van der Waals surface area contributed by atoms with Crippen LogP contribution in [0.2, 0.25) is 0 Å². The summed E-state index contributed by atoms with van der Waals surface area (Å²) < 4.78 is 6.37. The number of ether oxygens (including phenoxy) is 1. The van der Waals surface area contributed by atoms with E-state index < -0.39 is 5.97 Å². The molecule has 9 heteroatoms. The molecule has 2 N–H and O–H groups in total. The van der Waals surface area contributed by atoms with E-state index in [1.165, 1.54) is 28.5 Å². The number of aromatic carboxylic acids is 1. The molecule has 1 aromatic heterocycles. The van der Waals surface area contributed by atoms with Gasteiger partial charge in [0.05, 0.1) is 6.10 Å². The summed E-state index contributed by atoms with van der Waals surface area (Å²) in [5.41, 5.74) is 1.07. The molecule has 0 unspecified atom stereocenters. The predicted molar refractivity (Wildman–Crippen MR) is 115 cm³/mol. The Bertz CT molecular complexity index is 839. The Morgan fingerprint density at radius 1 is 1.41 bits per heavy atom. The molecule has 0 saturated carbocycles. The molecule has 29 heavy (non-hydrogen) atoms. The van der Waals surface area contributed by atoms with E-state index in [9.17, 15) is 9.59 Å². The van der Waals surface area contributed by atoms with E-state index in [2.05, 4.69) is 10.3 Å². The van der Waals surface area contributed by atoms with Crippen LogP contribution in [0.5, 0.6) is 5.75 Å². The lowest BCUT2D eigenvalue weighted by atomic mass is 10.2. The van der Waals surface area contributed by atoms with E-state index in [1.807, 2.05) is 43.0 Å². The van der Waals surface area contributed by atoms with E-state index >= 15 is 0 Å². The molecule has 156 valence electrons. The van der Waals surface area contributed by atoms with Crippen LogP contribution in [0, 0.1) is 0 Å². The summed E-state index contributed by atoms with van der Waals surface area (Å²) in [6, 6.07) is 8.00. The Kier molecular flexibility index (Phi) is 7.38. The van der Waals surface area contributed by atoms with Gasteiger partial charge < -0.3 is 20.1 Å². The van der Waals surface area contributed by atoms with Crippen LogP contribution in [0.15, 0.2) is 34.0 Å². The van der Waals surface area contributed by atoms with Gasteiger partial charge in [-0.25, -0.2) is 9.78 Å². The van der Waals surface area contributed by atoms with E-state index in [1.54, 1.807) is 0 Å². The molecule has 2 heterocycles. The number of thiazole rings is 1. The second-order valence-corrected chi connectivity index (χ2v) is 9.20. The summed E-state index contributed by atoms with van der Waals surface area (Å²) in [4.78, 5) is 29.2. The van der Waals surface area contributed by atoms with Crippen LogP contribution < -0.4 is 10.1 Å². The minimum atomic E-state index is -1.02. The highest BCUT2D eigenvalue weighted by Gasteiger charge is 2.30. The number of rotatable bonds is 10. The molecule has 0 bridgehead atoms. The molecule has 7 nitrogen and oxygen atoms in total. The van der Waals surface area contributed by atoms with Gasteiger partial charge in [-0.15, -0.1) is 11.3 Å². The second kappa shape index (κ2) is 9.98. The van der Waals surface area contributed by atoms with Crippen LogP contribution in [0.3, 0.4) is 0 Å². The monoisotopic (exact) mass is 435 g/mol. The van der Waals surface area contributed by atoms with Crippen LogP contribution in [0.25, 0.3) is 0 Å². The lowest BCUT2D eigenvalue weighted by Crippen LogP contribution is -2.39. The van der Waals surface area contributed by atoms with E-state index in [-0.39, 0.29) is 23.7 Å². The topological polar surface area (TPSA) is 91.8 Å². The Balaban J connectivity index is 1.47. The molecule has 1 fully saturated rings. The summed E-state index contributed by atoms with van der Waals surface area (Å²) in [5.74, 6) is 0.686. The smallest absolute Gasteiger partial charge is 0.355 e. The Morgan fingerprint density at radius 3 is 2.83 bits per heavy atom. The maximum absolute atomic E-state index is 12.3. The zero-order chi connectivity index (χ0) is 20.8.